The standard InChI is InChI=1S/C16H17N3O5/c1-10-16(15(22)24-4,13(20)14(21)23-3)11(2)18-19(17-10)12-8-6-5-7-9-12/h5-9H,1-4H3. The van der Waals surface area contributed by atoms with Crippen LogP contribution in [-0.4, -0.2) is 43.4 Å². The number of rotatable bonds is 4. The Bertz CT molecular complexity index is 719. The molecular weight excluding hydrogens is 314 g/mol. The van der Waals surface area contributed by atoms with E-state index in [0.717, 1.165) is 14.2 Å². The van der Waals surface area contributed by atoms with Gasteiger partial charge in [-0.05, 0) is 26.0 Å². The highest BCUT2D eigenvalue weighted by atomic mass is 16.5. The summed E-state index contributed by atoms with van der Waals surface area (Å²) in [6.45, 7) is 2.93. The zero-order chi connectivity index (χ0) is 17.9. The first-order valence-corrected chi connectivity index (χ1v) is 7.07. The zero-order valence-electron chi connectivity index (χ0n) is 13.8. The van der Waals surface area contributed by atoms with Gasteiger partial charge in [-0.25, -0.2) is 4.79 Å². The molecule has 0 aliphatic carbocycles. The van der Waals surface area contributed by atoms with Crippen LogP contribution in [0.5, 0.6) is 0 Å². The SMILES string of the molecule is COC(=O)C(=O)C1(C(=O)OC)C(C)=NN(c2ccccc2)N=C1C. The number of anilines is 1. The third-order valence-electron chi connectivity index (χ3n) is 3.76. The van der Waals surface area contributed by atoms with Crippen LogP contribution in [0.25, 0.3) is 0 Å². The predicted octanol–water partition coefficient (Wildman–Crippen LogP) is 1.16. The molecule has 0 spiro atoms. The molecule has 1 aliphatic heterocycles. The van der Waals surface area contributed by atoms with Crippen molar-refractivity contribution in [3.63, 3.8) is 0 Å². The Morgan fingerprint density at radius 2 is 1.50 bits per heavy atom. The maximum Gasteiger partial charge on any atom is 0.376 e. The minimum atomic E-state index is -2.02. The summed E-state index contributed by atoms with van der Waals surface area (Å²) in [6.07, 6.45) is 0. The van der Waals surface area contributed by atoms with Crippen molar-refractivity contribution >= 4 is 34.8 Å². The normalized spacial score (nSPS) is 15.9. The molecule has 0 saturated carbocycles. The molecule has 1 aliphatic rings. The number of methoxy groups -OCH3 is 2. The van der Waals surface area contributed by atoms with E-state index in [2.05, 4.69) is 14.9 Å². The molecule has 2 rings (SSSR count). The Kier molecular flexibility index (Phi) is 4.77. The minimum Gasteiger partial charge on any atom is -0.468 e. The van der Waals surface area contributed by atoms with Crippen LogP contribution in [0.15, 0.2) is 40.5 Å². The summed E-state index contributed by atoms with van der Waals surface area (Å²) in [5, 5.41) is 9.68. The third kappa shape index (κ3) is 2.55. The van der Waals surface area contributed by atoms with Crippen LogP contribution in [0.1, 0.15) is 13.8 Å². The number of nitrogens with zero attached hydrogens (tertiary/aromatic N) is 3. The Hall–Kier alpha value is -3.03. The predicted molar refractivity (Wildman–Crippen MR) is 86.6 cm³/mol. The van der Waals surface area contributed by atoms with E-state index < -0.39 is 23.1 Å². The van der Waals surface area contributed by atoms with E-state index in [1.54, 1.807) is 24.3 Å². The minimum absolute atomic E-state index is 0.0705. The second kappa shape index (κ2) is 6.61. The number of carbonyl (C=O) groups excluding carboxylic acids is 3. The number of esters is 2. The smallest absolute Gasteiger partial charge is 0.376 e. The Balaban J connectivity index is 2.59. The lowest BCUT2D eigenvalue weighted by atomic mass is 9.74. The largest absolute Gasteiger partial charge is 0.468 e. The second-order valence-corrected chi connectivity index (χ2v) is 5.06. The number of ketones is 1. The average Bonchev–Trinajstić information content (AvgIpc) is 2.60. The van der Waals surface area contributed by atoms with Gasteiger partial charge in [-0.1, -0.05) is 18.2 Å². The molecule has 0 radical (unpaired) electrons. The molecule has 0 N–H and O–H groups in total. The molecule has 1 aromatic carbocycles. The number of hydrazone groups is 2. The maximum absolute atomic E-state index is 12.6. The molecule has 0 amide bonds. The summed E-state index contributed by atoms with van der Waals surface area (Å²) in [5.41, 5.74) is -1.24. The number of para-hydroxylation sites is 1. The first-order chi connectivity index (χ1) is 11.4. The maximum atomic E-state index is 12.6. The number of ether oxygens (including phenoxy) is 2. The highest BCUT2D eigenvalue weighted by Crippen LogP contribution is 2.32. The van der Waals surface area contributed by atoms with Gasteiger partial charge in [0, 0.05) is 0 Å². The first kappa shape index (κ1) is 17.3. The van der Waals surface area contributed by atoms with E-state index in [1.165, 1.54) is 19.0 Å². The van der Waals surface area contributed by atoms with Gasteiger partial charge >= 0.3 is 11.9 Å². The molecule has 24 heavy (non-hydrogen) atoms. The molecule has 0 saturated heterocycles. The van der Waals surface area contributed by atoms with Crippen molar-refractivity contribution in [2.45, 2.75) is 13.8 Å². The molecule has 1 heterocycles. The zero-order valence-corrected chi connectivity index (χ0v) is 13.8. The highest BCUT2D eigenvalue weighted by molar-refractivity contribution is 6.54. The number of benzene rings is 1. The van der Waals surface area contributed by atoms with Crippen LogP contribution in [0.4, 0.5) is 5.69 Å². The lowest BCUT2D eigenvalue weighted by Gasteiger charge is -2.33. The van der Waals surface area contributed by atoms with Crippen molar-refractivity contribution in [3.8, 4) is 0 Å². The lowest BCUT2D eigenvalue weighted by molar-refractivity contribution is -0.160. The molecular formula is C16H17N3O5. The van der Waals surface area contributed by atoms with E-state index in [9.17, 15) is 14.4 Å². The molecule has 0 aromatic heterocycles. The van der Waals surface area contributed by atoms with Gasteiger partial charge in [-0.3, -0.25) is 9.59 Å². The number of Topliss-reactive ketones (excluding diaryl/α,β-unsaturated/α-hetero) is 1. The average molecular weight is 331 g/mol. The van der Waals surface area contributed by atoms with Crippen LogP contribution in [0, 0.1) is 5.41 Å². The van der Waals surface area contributed by atoms with Crippen molar-refractivity contribution in [2.24, 2.45) is 15.6 Å². The van der Waals surface area contributed by atoms with Gasteiger partial charge in [0.25, 0.3) is 5.78 Å². The van der Waals surface area contributed by atoms with Crippen molar-refractivity contribution in [1.29, 1.82) is 0 Å². The van der Waals surface area contributed by atoms with E-state index in [4.69, 9.17) is 4.74 Å². The van der Waals surface area contributed by atoms with Crippen LogP contribution in [-0.2, 0) is 23.9 Å². The van der Waals surface area contributed by atoms with Crippen LogP contribution in [0.3, 0.4) is 0 Å². The second-order valence-electron chi connectivity index (χ2n) is 5.06. The van der Waals surface area contributed by atoms with E-state index in [-0.39, 0.29) is 11.4 Å². The fourth-order valence-electron chi connectivity index (χ4n) is 2.51. The van der Waals surface area contributed by atoms with Crippen molar-refractivity contribution in [1.82, 2.24) is 0 Å². The van der Waals surface area contributed by atoms with E-state index in [0.29, 0.717) is 5.69 Å². The van der Waals surface area contributed by atoms with Gasteiger partial charge in [0.15, 0.2) is 0 Å². The molecule has 0 bridgehead atoms. The number of hydrogen-bond acceptors (Lipinski definition) is 8. The first-order valence-electron chi connectivity index (χ1n) is 7.07. The molecule has 8 heteroatoms. The van der Waals surface area contributed by atoms with Crippen molar-refractivity contribution in [2.75, 3.05) is 19.3 Å². The molecule has 8 nitrogen and oxygen atoms in total. The Morgan fingerprint density at radius 3 is 1.96 bits per heavy atom. The van der Waals surface area contributed by atoms with Gasteiger partial charge in [-0.15, -0.1) is 0 Å². The van der Waals surface area contributed by atoms with Gasteiger partial charge < -0.3 is 9.47 Å². The summed E-state index contributed by atoms with van der Waals surface area (Å²) in [4.78, 5) is 36.7. The summed E-state index contributed by atoms with van der Waals surface area (Å²) in [6, 6.07) is 8.96. The van der Waals surface area contributed by atoms with Gasteiger partial charge in [0.05, 0.1) is 31.3 Å². The quantitative estimate of drug-likeness (QED) is 0.466. The fraction of sp³-hybridized carbons (Fsp3) is 0.312. The van der Waals surface area contributed by atoms with Crippen LogP contribution >= 0.6 is 0 Å². The monoisotopic (exact) mass is 331 g/mol. The van der Waals surface area contributed by atoms with Crippen molar-refractivity contribution < 1.29 is 23.9 Å². The third-order valence-corrected chi connectivity index (χ3v) is 3.76. The Morgan fingerprint density at radius 1 is 0.958 bits per heavy atom. The highest BCUT2D eigenvalue weighted by Gasteiger charge is 2.57. The van der Waals surface area contributed by atoms with E-state index >= 15 is 0 Å². The molecule has 1 aromatic rings. The summed E-state index contributed by atoms with van der Waals surface area (Å²) in [7, 11) is 2.18. The van der Waals surface area contributed by atoms with Gasteiger partial charge in [0.1, 0.15) is 0 Å². The summed E-state index contributed by atoms with van der Waals surface area (Å²) < 4.78 is 9.22. The van der Waals surface area contributed by atoms with Crippen LogP contribution in [0.2, 0.25) is 0 Å². The van der Waals surface area contributed by atoms with Gasteiger partial charge in [-0.2, -0.15) is 15.3 Å². The van der Waals surface area contributed by atoms with Crippen LogP contribution < -0.4 is 5.12 Å². The molecule has 0 unspecified atom stereocenters. The summed E-state index contributed by atoms with van der Waals surface area (Å²) in [5.74, 6) is -3.20. The Labute approximate surface area is 138 Å². The van der Waals surface area contributed by atoms with E-state index in [1.807, 2.05) is 6.07 Å². The summed E-state index contributed by atoms with van der Waals surface area (Å²) >= 11 is 0. The lowest BCUT2D eigenvalue weighted by Crippen LogP contribution is -2.56. The topological polar surface area (TPSA) is 97.6 Å². The van der Waals surface area contributed by atoms with Gasteiger partial charge in [0.2, 0.25) is 5.41 Å². The van der Waals surface area contributed by atoms with Crippen molar-refractivity contribution in [3.05, 3.63) is 30.3 Å². The molecule has 126 valence electrons. The number of hydrogen-bond donors (Lipinski definition) is 0. The molecule has 0 fully saturated rings. The number of carbonyl (C=O) groups is 3. The molecule has 0 atom stereocenters. The fourth-order valence-corrected chi connectivity index (χ4v) is 2.51.